The second-order valence-corrected chi connectivity index (χ2v) is 24.8. The second-order valence-electron chi connectivity index (χ2n) is 24.8. The molecule has 2 aliphatic rings. The predicted octanol–water partition coefficient (Wildman–Crippen LogP) is 22.5. The molecule has 1 aromatic heterocycles. The van der Waals surface area contributed by atoms with Crippen molar-refractivity contribution >= 4 is 113 Å². The summed E-state index contributed by atoms with van der Waals surface area (Å²) in [5.74, 6) is 0. The van der Waals surface area contributed by atoms with E-state index in [1.165, 1.54) is 32.7 Å². The normalized spacial score (nSPS) is 12.1. The van der Waals surface area contributed by atoms with E-state index in [4.69, 9.17) is 0 Å². The molecule has 5 nitrogen and oxygen atoms in total. The first kappa shape index (κ1) is 56.1. The van der Waals surface area contributed by atoms with Crippen LogP contribution in [0.3, 0.4) is 0 Å². The van der Waals surface area contributed by atoms with Gasteiger partial charge in [-0.3, -0.25) is 0 Å². The van der Waals surface area contributed by atoms with Crippen molar-refractivity contribution in [2.45, 2.75) is 0 Å². The number of benzene rings is 15. The zero-order chi connectivity index (χ0) is 63.5. The van der Waals surface area contributed by atoms with Crippen LogP contribution < -0.4 is 36.0 Å². The molecule has 0 bridgehead atoms. The summed E-state index contributed by atoms with van der Waals surface area (Å²) in [6, 6.07) is 138. The van der Waals surface area contributed by atoms with Gasteiger partial charge in [-0.25, -0.2) is 0 Å². The first-order valence-electron chi connectivity index (χ1n) is 33.0. The Morgan fingerprint density at radius 1 is 0.240 bits per heavy atom. The lowest BCUT2D eigenvalue weighted by Crippen LogP contribution is -2.61. The van der Waals surface area contributed by atoms with Crippen LogP contribution in [-0.4, -0.2) is 11.3 Å². The van der Waals surface area contributed by atoms with Crippen LogP contribution in [0.2, 0.25) is 0 Å². The Hall–Kier alpha value is -12.6. The maximum Gasteiger partial charge on any atom is 0.252 e. The number of anilines is 12. The molecule has 0 saturated carbocycles. The summed E-state index contributed by atoms with van der Waals surface area (Å²) in [6.07, 6.45) is 0. The molecule has 96 heavy (non-hydrogen) atoms. The molecule has 0 radical (unpaired) electrons. The number of hydrogen-bond acceptors (Lipinski definition) is 4. The van der Waals surface area contributed by atoms with Gasteiger partial charge < -0.3 is 24.2 Å². The summed E-state index contributed by atoms with van der Waals surface area (Å²) in [5, 5.41) is 2.34. The van der Waals surface area contributed by atoms with Crippen molar-refractivity contribution in [3.63, 3.8) is 0 Å². The summed E-state index contributed by atoms with van der Waals surface area (Å²) in [7, 11) is 0. The molecule has 0 saturated heterocycles. The van der Waals surface area contributed by atoms with Crippen molar-refractivity contribution < 1.29 is 0 Å². The van der Waals surface area contributed by atoms with E-state index in [9.17, 15) is 0 Å². The molecule has 0 fully saturated rings. The van der Waals surface area contributed by atoms with Crippen molar-refractivity contribution in [2.24, 2.45) is 0 Å². The molecule has 15 aromatic carbocycles. The van der Waals surface area contributed by atoms with Gasteiger partial charge in [-0.2, -0.15) is 0 Å². The molecule has 2 aliphatic heterocycles. The van der Waals surface area contributed by atoms with Crippen molar-refractivity contribution in [3.05, 3.63) is 376 Å². The van der Waals surface area contributed by atoms with Gasteiger partial charge in [0.15, 0.2) is 0 Å². The van der Waals surface area contributed by atoms with Crippen molar-refractivity contribution in [2.75, 3.05) is 19.6 Å². The van der Waals surface area contributed by atoms with Crippen LogP contribution in [0.4, 0.5) is 68.2 Å². The Morgan fingerprint density at radius 2 is 0.667 bits per heavy atom. The molecule has 450 valence electrons. The molecule has 0 N–H and O–H groups in total. The Balaban J connectivity index is 0.994. The lowest BCUT2D eigenvalue weighted by atomic mass is 9.33. The van der Waals surface area contributed by atoms with E-state index >= 15 is 0 Å². The van der Waals surface area contributed by atoms with Crippen molar-refractivity contribution in [1.82, 2.24) is 4.57 Å². The summed E-state index contributed by atoms with van der Waals surface area (Å²) in [5.41, 5.74) is 29.1. The average Bonchev–Trinajstić information content (AvgIpc) is 0.814. The van der Waals surface area contributed by atoms with Crippen LogP contribution in [0.5, 0.6) is 0 Å². The Bertz CT molecular complexity index is 5380. The minimum Gasteiger partial charge on any atom is -0.311 e. The average molecular weight is 1220 g/mol. The molecule has 18 rings (SSSR count). The maximum atomic E-state index is 2.64. The highest BCUT2D eigenvalue weighted by Gasteiger charge is 2.46. The van der Waals surface area contributed by atoms with Crippen LogP contribution >= 0.6 is 0 Å². The number of rotatable bonds is 13. The third-order valence-electron chi connectivity index (χ3n) is 19.3. The second kappa shape index (κ2) is 23.8. The van der Waals surface area contributed by atoms with E-state index in [1.54, 1.807) is 0 Å². The zero-order valence-corrected chi connectivity index (χ0v) is 52.6. The standard InChI is InChI=1S/C90H62BN5/c1-9-29-63(30-10-1)65-51-53-73(54-52-65)94-84-60-75(92(69-38-17-5-18-39-69)70-40-19-6-20-41-70)55-56-80(84)91-81-57-58-83-87(79-47-25-26-50-82(79)96(83)89-77(66-33-13-3-14-34-66)48-28-49-78(89)67-35-15-4-16-36-67)90(81)95(74-46-27-37-68(59-74)64-31-11-2-12-32-64)86-62-76(61-85(94)88(86)91)93(71-42-21-7-22-43-71)72-44-23-8-24-45-72/h1-62H. The largest absolute Gasteiger partial charge is 0.311 e. The van der Waals surface area contributed by atoms with E-state index in [0.717, 1.165) is 124 Å². The molecule has 0 spiro atoms. The summed E-state index contributed by atoms with van der Waals surface area (Å²) < 4.78 is 2.57. The van der Waals surface area contributed by atoms with Gasteiger partial charge in [0.2, 0.25) is 0 Å². The summed E-state index contributed by atoms with van der Waals surface area (Å²) in [4.78, 5) is 10.0. The number of aromatic nitrogens is 1. The molecule has 3 heterocycles. The predicted molar refractivity (Wildman–Crippen MR) is 406 cm³/mol. The number of para-hydroxylation sites is 6. The van der Waals surface area contributed by atoms with Gasteiger partial charge in [-0.05, 0) is 159 Å². The van der Waals surface area contributed by atoms with E-state index in [-0.39, 0.29) is 6.71 Å². The monoisotopic (exact) mass is 1220 g/mol. The van der Waals surface area contributed by atoms with Crippen molar-refractivity contribution in [1.29, 1.82) is 0 Å². The minimum absolute atomic E-state index is 0.247. The van der Waals surface area contributed by atoms with Gasteiger partial charge in [0.05, 0.1) is 28.1 Å². The molecular formula is C90H62BN5. The van der Waals surface area contributed by atoms with Gasteiger partial charge in [-0.1, -0.05) is 267 Å². The van der Waals surface area contributed by atoms with Crippen LogP contribution in [-0.2, 0) is 0 Å². The van der Waals surface area contributed by atoms with E-state index in [0.29, 0.717) is 0 Å². The van der Waals surface area contributed by atoms with Crippen LogP contribution in [0, 0.1) is 0 Å². The minimum atomic E-state index is -0.247. The molecule has 0 aliphatic carbocycles. The molecule has 0 unspecified atom stereocenters. The smallest absolute Gasteiger partial charge is 0.252 e. The topological polar surface area (TPSA) is 17.9 Å². The SMILES string of the molecule is c1ccc(-c2ccc(N3c4cc(N(c5ccccc5)c5ccccc5)ccc4B4c5ccc6c(c5N(c5cccc(-c7ccccc7)c5)c5cc(N(c7ccccc7)c7ccccc7)cc3c54)c3ccccc3n6-c3c(-c4ccccc4)cccc3-c3ccccc3)cc2)cc1. The number of hydrogen-bond donors (Lipinski definition) is 0. The molecule has 0 amide bonds. The molecular weight excluding hydrogens is 1160 g/mol. The van der Waals surface area contributed by atoms with E-state index in [1.807, 2.05) is 0 Å². The molecule has 6 heteroatoms. The fourth-order valence-electron chi connectivity index (χ4n) is 15.1. The van der Waals surface area contributed by atoms with Gasteiger partial charge >= 0.3 is 0 Å². The van der Waals surface area contributed by atoms with Gasteiger partial charge in [0.1, 0.15) is 0 Å². The summed E-state index contributed by atoms with van der Waals surface area (Å²) in [6.45, 7) is -0.247. The Labute approximate surface area is 560 Å². The first-order chi connectivity index (χ1) is 47.7. The highest BCUT2D eigenvalue weighted by Crippen LogP contribution is 2.53. The van der Waals surface area contributed by atoms with Gasteiger partial charge in [-0.15, -0.1) is 0 Å². The van der Waals surface area contributed by atoms with E-state index < -0.39 is 0 Å². The maximum absolute atomic E-state index is 2.64. The molecule has 0 atom stereocenters. The first-order valence-corrected chi connectivity index (χ1v) is 33.0. The van der Waals surface area contributed by atoms with Gasteiger partial charge in [0.25, 0.3) is 6.71 Å². The Kier molecular flexibility index (Phi) is 13.9. The Morgan fingerprint density at radius 3 is 1.22 bits per heavy atom. The van der Waals surface area contributed by atoms with Crippen LogP contribution in [0.25, 0.3) is 72.0 Å². The lowest BCUT2D eigenvalue weighted by Gasteiger charge is -2.45. The number of fused-ring (bicyclic) bond motifs is 8. The zero-order valence-electron chi connectivity index (χ0n) is 52.6. The lowest BCUT2D eigenvalue weighted by molar-refractivity contribution is 1.18. The van der Waals surface area contributed by atoms with Gasteiger partial charge in [0, 0.05) is 78.8 Å². The quantitative estimate of drug-likeness (QED) is 0.107. The highest BCUT2D eigenvalue weighted by atomic mass is 15.2. The van der Waals surface area contributed by atoms with Crippen molar-refractivity contribution in [3.8, 4) is 50.2 Å². The van der Waals surface area contributed by atoms with Crippen LogP contribution in [0.1, 0.15) is 0 Å². The van der Waals surface area contributed by atoms with E-state index in [2.05, 4.69) is 400 Å². The fraction of sp³-hybridized carbons (Fsp3) is 0. The number of nitrogens with zero attached hydrogens (tertiary/aromatic N) is 5. The third-order valence-corrected chi connectivity index (χ3v) is 19.3. The third kappa shape index (κ3) is 9.57. The fourth-order valence-corrected chi connectivity index (χ4v) is 15.1. The van der Waals surface area contributed by atoms with Crippen LogP contribution in [0.15, 0.2) is 376 Å². The highest BCUT2D eigenvalue weighted by molar-refractivity contribution is 7.00. The summed E-state index contributed by atoms with van der Waals surface area (Å²) >= 11 is 0. The molecule has 16 aromatic rings.